The van der Waals surface area contributed by atoms with Crippen LogP contribution in [0.5, 0.6) is 0 Å². The summed E-state index contributed by atoms with van der Waals surface area (Å²) < 4.78 is 2.22. The standard InChI is InChI=1S/C20H30N4OS/c1-14(2)12-24-16(4)15(3)22-20(24)26-13-19(25)21-11-17-7-9-18(10-8-17)23(5)6/h7-10,14H,11-13H2,1-6H3,(H,21,25). The van der Waals surface area contributed by atoms with E-state index in [0.29, 0.717) is 18.2 Å². The van der Waals surface area contributed by atoms with Gasteiger partial charge in [0.15, 0.2) is 5.16 Å². The number of thioether (sulfide) groups is 1. The number of amides is 1. The topological polar surface area (TPSA) is 50.2 Å². The highest BCUT2D eigenvalue weighted by Gasteiger charge is 2.14. The first-order valence-corrected chi connectivity index (χ1v) is 9.96. The molecule has 1 heterocycles. The minimum absolute atomic E-state index is 0.0288. The summed E-state index contributed by atoms with van der Waals surface area (Å²) >= 11 is 1.51. The Hall–Kier alpha value is -1.95. The molecule has 5 nitrogen and oxygen atoms in total. The largest absolute Gasteiger partial charge is 0.378 e. The third kappa shape index (κ3) is 5.53. The Morgan fingerprint density at radius 3 is 2.46 bits per heavy atom. The monoisotopic (exact) mass is 374 g/mol. The Kier molecular flexibility index (Phi) is 7.14. The summed E-state index contributed by atoms with van der Waals surface area (Å²) in [4.78, 5) is 18.9. The van der Waals surface area contributed by atoms with Crippen molar-refractivity contribution in [3.63, 3.8) is 0 Å². The number of hydrogen-bond acceptors (Lipinski definition) is 4. The first kappa shape index (κ1) is 20.4. The van der Waals surface area contributed by atoms with E-state index in [1.807, 2.05) is 33.2 Å². The number of carbonyl (C=O) groups is 1. The Balaban J connectivity index is 1.88. The summed E-state index contributed by atoms with van der Waals surface area (Å²) in [7, 11) is 4.03. The predicted molar refractivity (Wildman–Crippen MR) is 110 cm³/mol. The van der Waals surface area contributed by atoms with Gasteiger partial charge in [0.1, 0.15) is 0 Å². The van der Waals surface area contributed by atoms with Crippen LogP contribution < -0.4 is 10.2 Å². The van der Waals surface area contributed by atoms with Crippen LogP contribution in [0.4, 0.5) is 5.69 Å². The minimum atomic E-state index is 0.0288. The lowest BCUT2D eigenvalue weighted by molar-refractivity contribution is -0.118. The van der Waals surface area contributed by atoms with Crippen LogP contribution in [0, 0.1) is 19.8 Å². The number of nitrogens with one attached hydrogen (secondary N) is 1. The second-order valence-electron chi connectivity index (χ2n) is 7.20. The van der Waals surface area contributed by atoms with Gasteiger partial charge in [0.05, 0.1) is 11.4 Å². The van der Waals surface area contributed by atoms with Gasteiger partial charge in [-0.1, -0.05) is 37.7 Å². The molecular weight excluding hydrogens is 344 g/mol. The fraction of sp³-hybridized carbons (Fsp3) is 0.500. The van der Waals surface area contributed by atoms with Crippen molar-refractivity contribution in [1.29, 1.82) is 0 Å². The number of rotatable bonds is 8. The second kappa shape index (κ2) is 9.12. The minimum Gasteiger partial charge on any atom is -0.378 e. The zero-order valence-corrected chi connectivity index (χ0v) is 17.5. The van der Waals surface area contributed by atoms with Crippen molar-refractivity contribution < 1.29 is 4.79 Å². The molecule has 0 fully saturated rings. The highest BCUT2D eigenvalue weighted by molar-refractivity contribution is 7.99. The van der Waals surface area contributed by atoms with Gasteiger partial charge in [-0.25, -0.2) is 4.98 Å². The SMILES string of the molecule is Cc1nc(SCC(=O)NCc2ccc(N(C)C)cc2)n(CC(C)C)c1C. The Morgan fingerprint density at radius 2 is 1.88 bits per heavy atom. The fourth-order valence-electron chi connectivity index (χ4n) is 2.61. The number of benzene rings is 1. The number of anilines is 1. The molecule has 0 spiro atoms. The lowest BCUT2D eigenvalue weighted by atomic mass is 10.2. The number of carbonyl (C=O) groups excluding carboxylic acids is 1. The van der Waals surface area contributed by atoms with E-state index in [4.69, 9.17) is 0 Å². The molecule has 142 valence electrons. The van der Waals surface area contributed by atoms with Gasteiger partial charge in [0, 0.05) is 38.6 Å². The Bertz CT molecular complexity index is 735. The maximum Gasteiger partial charge on any atom is 0.230 e. The molecule has 1 N–H and O–H groups in total. The van der Waals surface area contributed by atoms with E-state index in [2.05, 4.69) is 52.7 Å². The van der Waals surface area contributed by atoms with E-state index in [9.17, 15) is 4.79 Å². The van der Waals surface area contributed by atoms with Gasteiger partial charge in [-0.15, -0.1) is 0 Å². The van der Waals surface area contributed by atoms with Crippen LogP contribution in [0.3, 0.4) is 0 Å². The van der Waals surface area contributed by atoms with Gasteiger partial charge in [-0.2, -0.15) is 0 Å². The summed E-state index contributed by atoms with van der Waals surface area (Å²) in [6.07, 6.45) is 0. The lowest BCUT2D eigenvalue weighted by Gasteiger charge is -2.13. The number of aromatic nitrogens is 2. The molecule has 1 aromatic carbocycles. The van der Waals surface area contributed by atoms with Crippen LogP contribution in [0.15, 0.2) is 29.4 Å². The molecule has 0 saturated heterocycles. The third-order valence-corrected chi connectivity index (χ3v) is 5.22. The van der Waals surface area contributed by atoms with Crippen molar-refractivity contribution in [3.8, 4) is 0 Å². The predicted octanol–water partition coefficient (Wildman–Crippen LogP) is 3.63. The van der Waals surface area contributed by atoms with Crippen LogP contribution >= 0.6 is 11.8 Å². The van der Waals surface area contributed by atoms with Gasteiger partial charge in [-0.05, 0) is 37.5 Å². The molecule has 2 rings (SSSR count). The quantitative estimate of drug-likeness (QED) is 0.717. The fourth-order valence-corrected chi connectivity index (χ4v) is 3.54. The van der Waals surface area contributed by atoms with Crippen molar-refractivity contribution in [3.05, 3.63) is 41.2 Å². The molecule has 26 heavy (non-hydrogen) atoms. The Labute approximate surface area is 161 Å². The van der Waals surface area contributed by atoms with E-state index >= 15 is 0 Å². The van der Waals surface area contributed by atoms with Crippen LogP contribution in [0.2, 0.25) is 0 Å². The van der Waals surface area contributed by atoms with E-state index < -0.39 is 0 Å². The van der Waals surface area contributed by atoms with Crippen LogP contribution in [0.1, 0.15) is 30.8 Å². The van der Waals surface area contributed by atoms with Crippen LogP contribution in [-0.2, 0) is 17.9 Å². The average Bonchev–Trinajstić information content (AvgIpc) is 2.85. The highest BCUT2D eigenvalue weighted by Crippen LogP contribution is 2.22. The van der Waals surface area contributed by atoms with Crippen LogP contribution in [-0.4, -0.2) is 35.3 Å². The average molecular weight is 375 g/mol. The second-order valence-corrected chi connectivity index (χ2v) is 8.14. The molecule has 0 aliphatic carbocycles. The maximum atomic E-state index is 12.2. The van der Waals surface area contributed by atoms with E-state index in [-0.39, 0.29) is 5.91 Å². The summed E-state index contributed by atoms with van der Waals surface area (Å²) in [5, 5.41) is 3.92. The molecule has 0 saturated carbocycles. The highest BCUT2D eigenvalue weighted by atomic mass is 32.2. The molecule has 0 atom stereocenters. The molecule has 6 heteroatoms. The van der Waals surface area contributed by atoms with E-state index in [1.165, 1.54) is 17.5 Å². The van der Waals surface area contributed by atoms with Gasteiger partial charge in [0.2, 0.25) is 5.91 Å². The summed E-state index contributed by atoms with van der Waals surface area (Å²) in [6, 6.07) is 8.21. The van der Waals surface area contributed by atoms with Crippen molar-refractivity contribution in [2.75, 3.05) is 24.7 Å². The number of aryl methyl sites for hydroxylation is 1. The molecule has 1 aromatic heterocycles. The summed E-state index contributed by atoms with van der Waals surface area (Å²) in [5.41, 5.74) is 4.47. The van der Waals surface area contributed by atoms with Crippen molar-refractivity contribution >= 4 is 23.4 Å². The zero-order chi connectivity index (χ0) is 19.3. The maximum absolute atomic E-state index is 12.2. The number of hydrogen-bond donors (Lipinski definition) is 1. The van der Waals surface area contributed by atoms with Gasteiger partial charge in [-0.3, -0.25) is 4.79 Å². The van der Waals surface area contributed by atoms with Gasteiger partial charge in [0.25, 0.3) is 0 Å². The number of nitrogens with zero attached hydrogens (tertiary/aromatic N) is 3. The summed E-state index contributed by atoms with van der Waals surface area (Å²) in [6.45, 7) is 9.97. The first-order chi connectivity index (χ1) is 12.3. The molecule has 0 aliphatic rings. The van der Waals surface area contributed by atoms with Crippen LogP contribution in [0.25, 0.3) is 0 Å². The van der Waals surface area contributed by atoms with Crippen molar-refractivity contribution in [2.45, 2.75) is 45.9 Å². The molecule has 2 aromatic rings. The molecule has 0 bridgehead atoms. The van der Waals surface area contributed by atoms with Crippen molar-refractivity contribution in [1.82, 2.24) is 14.9 Å². The number of imidazole rings is 1. The van der Waals surface area contributed by atoms with Gasteiger partial charge >= 0.3 is 0 Å². The normalized spacial score (nSPS) is 11.0. The van der Waals surface area contributed by atoms with Gasteiger partial charge < -0.3 is 14.8 Å². The van der Waals surface area contributed by atoms with Crippen molar-refractivity contribution in [2.24, 2.45) is 5.92 Å². The van der Waals surface area contributed by atoms with E-state index in [0.717, 1.165) is 28.6 Å². The smallest absolute Gasteiger partial charge is 0.230 e. The molecule has 0 aliphatic heterocycles. The molecular formula is C20H30N4OS. The third-order valence-electron chi connectivity index (χ3n) is 4.25. The first-order valence-electron chi connectivity index (χ1n) is 8.97. The summed E-state index contributed by atoms with van der Waals surface area (Å²) in [5.74, 6) is 0.950. The Morgan fingerprint density at radius 1 is 1.23 bits per heavy atom. The van der Waals surface area contributed by atoms with E-state index in [1.54, 1.807) is 0 Å². The lowest BCUT2D eigenvalue weighted by Crippen LogP contribution is -2.24. The zero-order valence-electron chi connectivity index (χ0n) is 16.7. The molecule has 0 radical (unpaired) electrons. The molecule has 1 amide bonds. The molecule has 0 unspecified atom stereocenters.